The van der Waals surface area contributed by atoms with E-state index in [0.717, 1.165) is 4.47 Å². The highest BCUT2D eigenvalue weighted by Crippen LogP contribution is 2.16. The van der Waals surface area contributed by atoms with E-state index in [1.54, 1.807) is 12.1 Å². The molecule has 1 unspecified atom stereocenters. The van der Waals surface area contributed by atoms with Gasteiger partial charge in [-0.2, -0.15) is 0 Å². The number of nitrogens with two attached hydrogens (primary N) is 1. The van der Waals surface area contributed by atoms with Gasteiger partial charge in [0.2, 0.25) is 0 Å². The van der Waals surface area contributed by atoms with Crippen LogP contribution in [0.4, 0.5) is 0 Å². The van der Waals surface area contributed by atoms with Gasteiger partial charge in [0.05, 0.1) is 5.54 Å². The highest BCUT2D eigenvalue weighted by Gasteiger charge is 2.28. The largest absolute Gasteiger partial charge is 0.345 e. The van der Waals surface area contributed by atoms with Gasteiger partial charge in [-0.3, -0.25) is 4.79 Å². The molecule has 1 amide bonds. The Labute approximate surface area is 123 Å². The van der Waals surface area contributed by atoms with E-state index in [1.165, 1.54) is 0 Å². The van der Waals surface area contributed by atoms with Crippen LogP contribution in [0.5, 0.6) is 0 Å². The predicted octanol–water partition coefficient (Wildman–Crippen LogP) is 2.97. The molecule has 0 aliphatic heterocycles. The summed E-state index contributed by atoms with van der Waals surface area (Å²) in [4.78, 5) is 12.1. The van der Waals surface area contributed by atoms with Crippen molar-refractivity contribution in [3.8, 4) is 0 Å². The molecular weight excluding hydrogens is 316 g/mol. The summed E-state index contributed by atoms with van der Waals surface area (Å²) >= 11 is 3.34. The quantitative estimate of drug-likeness (QED) is 0.889. The average molecular weight is 336 g/mol. The molecule has 1 atom stereocenters. The number of halogens is 2. The predicted molar refractivity (Wildman–Crippen MR) is 81.2 cm³/mol. The lowest BCUT2D eigenvalue weighted by molar-refractivity contribution is 0.0883. The van der Waals surface area contributed by atoms with Gasteiger partial charge >= 0.3 is 0 Å². The van der Waals surface area contributed by atoms with E-state index in [1.807, 2.05) is 19.1 Å². The fraction of sp³-hybridized carbons (Fsp3) is 0.462. The third kappa shape index (κ3) is 4.26. The van der Waals surface area contributed by atoms with Gasteiger partial charge in [0.1, 0.15) is 0 Å². The van der Waals surface area contributed by atoms with Crippen molar-refractivity contribution < 1.29 is 4.79 Å². The summed E-state index contributed by atoms with van der Waals surface area (Å²) in [5.41, 5.74) is 6.01. The van der Waals surface area contributed by atoms with Gasteiger partial charge in [-0.1, -0.05) is 29.8 Å². The zero-order chi connectivity index (χ0) is 13.1. The van der Waals surface area contributed by atoms with E-state index >= 15 is 0 Å². The van der Waals surface area contributed by atoms with Crippen molar-refractivity contribution in [1.29, 1.82) is 0 Å². The van der Waals surface area contributed by atoms with Gasteiger partial charge in [0, 0.05) is 16.6 Å². The van der Waals surface area contributed by atoms with Gasteiger partial charge in [-0.05, 0) is 37.1 Å². The van der Waals surface area contributed by atoms with Crippen LogP contribution in [0.1, 0.15) is 31.1 Å². The van der Waals surface area contributed by atoms with Crippen LogP contribution in [0.15, 0.2) is 28.7 Å². The van der Waals surface area contributed by atoms with E-state index in [2.05, 4.69) is 35.1 Å². The Kier molecular flexibility index (Phi) is 6.89. The molecule has 18 heavy (non-hydrogen) atoms. The lowest BCUT2D eigenvalue weighted by Crippen LogP contribution is -2.55. The Balaban J connectivity index is 0.00000289. The van der Waals surface area contributed by atoms with E-state index < -0.39 is 0 Å². The molecule has 1 aromatic rings. The molecule has 3 nitrogen and oxygen atoms in total. The summed E-state index contributed by atoms with van der Waals surface area (Å²) in [6.45, 7) is 6.49. The second-order valence-corrected chi connectivity index (χ2v) is 5.65. The molecule has 0 aliphatic rings. The van der Waals surface area contributed by atoms with Gasteiger partial charge < -0.3 is 11.1 Å². The van der Waals surface area contributed by atoms with Crippen LogP contribution in [0.2, 0.25) is 0 Å². The fourth-order valence-corrected chi connectivity index (χ4v) is 1.63. The number of carbonyl (C=O) groups is 1. The van der Waals surface area contributed by atoms with Gasteiger partial charge in [0.15, 0.2) is 0 Å². The third-order valence-electron chi connectivity index (χ3n) is 3.20. The van der Waals surface area contributed by atoms with Crippen LogP contribution < -0.4 is 11.1 Å². The first-order chi connectivity index (χ1) is 7.89. The summed E-state index contributed by atoms with van der Waals surface area (Å²) in [5.74, 6) is 0.200. The van der Waals surface area contributed by atoms with Gasteiger partial charge in [0.25, 0.3) is 5.91 Å². The molecule has 102 valence electrons. The summed E-state index contributed by atoms with van der Waals surface area (Å²) in [6.07, 6.45) is 0. The number of rotatable bonds is 4. The van der Waals surface area contributed by atoms with Crippen LogP contribution in [0.3, 0.4) is 0 Å². The van der Waals surface area contributed by atoms with Crippen LogP contribution in [0.25, 0.3) is 0 Å². The van der Waals surface area contributed by atoms with Crippen molar-refractivity contribution in [3.05, 3.63) is 34.3 Å². The van der Waals surface area contributed by atoms with E-state index in [-0.39, 0.29) is 29.8 Å². The molecule has 0 saturated heterocycles. The first kappa shape index (κ1) is 17.4. The van der Waals surface area contributed by atoms with Crippen molar-refractivity contribution in [1.82, 2.24) is 5.32 Å². The molecule has 0 aromatic heterocycles. The zero-order valence-corrected chi connectivity index (χ0v) is 13.3. The lowest BCUT2D eigenvalue weighted by Gasteiger charge is -2.33. The van der Waals surface area contributed by atoms with Crippen molar-refractivity contribution in [2.75, 3.05) is 6.54 Å². The minimum Gasteiger partial charge on any atom is -0.345 e. The first-order valence-corrected chi connectivity index (χ1v) is 6.46. The standard InChI is InChI=1S/C13H19BrN2O.ClH/c1-9(2)13(3,8-15)16-12(17)10-4-6-11(14)7-5-10;/h4-7,9H,8,15H2,1-3H3,(H,16,17);1H. The lowest BCUT2D eigenvalue weighted by atomic mass is 9.88. The number of carbonyl (C=O) groups excluding carboxylic acids is 1. The number of benzene rings is 1. The van der Waals surface area contributed by atoms with E-state index in [0.29, 0.717) is 12.1 Å². The molecular formula is C13H20BrClN2O. The zero-order valence-electron chi connectivity index (χ0n) is 10.9. The smallest absolute Gasteiger partial charge is 0.251 e. The maximum Gasteiger partial charge on any atom is 0.251 e. The molecule has 0 heterocycles. The normalized spacial score (nSPS) is 13.7. The molecule has 0 bridgehead atoms. The molecule has 0 aliphatic carbocycles. The van der Waals surface area contributed by atoms with Gasteiger partial charge in [-0.15, -0.1) is 12.4 Å². The summed E-state index contributed by atoms with van der Waals surface area (Å²) < 4.78 is 0.958. The number of hydrogen-bond acceptors (Lipinski definition) is 2. The van der Waals surface area contributed by atoms with Crippen molar-refractivity contribution in [2.45, 2.75) is 26.3 Å². The Bertz CT molecular complexity index is 394. The highest BCUT2D eigenvalue weighted by molar-refractivity contribution is 9.10. The van der Waals surface area contributed by atoms with Crippen molar-refractivity contribution >= 4 is 34.2 Å². The SMILES string of the molecule is CC(C)C(C)(CN)NC(=O)c1ccc(Br)cc1.Cl. The third-order valence-corrected chi connectivity index (χ3v) is 3.73. The molecule has 0 spiro atoms. The molecule has 0 fully saturated rings. The fourth-order valence-electron chi connectivity index (χ4n) is 1.36. The van der Waals surface area contributed by atoms with Crippen LogP contribution in [0, 0.1) is 5.92 Å². The van der Waals surface area contributed by atoms with Crippen LogP contribution in [-0.4, -0.2) is 18.0 Å². The molecule has 1 rings (SSSR count). The number of amides is 1. The molecule has 3 N–H and O–H groups in total. The number of hydrogen-bond donors (Lipinski definition) is 2. The monoisotopic (exact) mass is 334 g/mol. The highest BCUT2D eigenvalue weighted by atomic mass is 79.9. The average Bonchev–Trinajstić information content (AvgIpc) is 2.29. The summed E-state index contributed by atoms with van der Waals surface area (Å²) in [7, 11) is 0. The maximum atomic E-state index is 12.1. The maximum absolute atomic E-state index is 12.1. The summed E-state index contributed by atoms with van der Waals surface area (Å²) in [6, 6.07) is 7.28. The Morgan fingerprint density at radius 2 is 1.89 bits per heavy atom. The topological polar surface area (TPSA) is 55.1 Å². The molecule has 1 aromatic carbocycles. The van der Waals surface area contributed by atoms with E-state index in [9.17, 15) is 4.79 Å². The van der Waals surface area contributed by atoms with Crippen LogP contribution in [-0.2, 0) is 0 Å². The minimum absolute atomic E-state index is 0. The van der Waals surface area contributed by atoms with Gasteiger partial charge in [-0.25, -0.2) is 0 Å². The Morgan fingerprint density at radius 1 is 1.39 bits per heavy atom. The Morgan fingerprint density at radius 3 is 2.28 bits per heavy atom. The second-order valence-electron chi connectivity index (χ2n) is 4.74. The molecule has 5 heteroatoms. The molecule has 0 radical (unpaired) electrons. The van der Waals surface area contributed by atoms with Crippen molar-refractivity contribution in [2.24, 2.45) is 11.7 Å². The summed E-state index contributed by atoms with van der Waals surface area (Å²) in [5, 5.41) is 3.00. The molecule has 0 saturated carbocycles. The van der Waals surface area contributed by atoms with E-state index in [4.69, 9.17) is 5.73 Å². The van der Waals surface area contributed by atoms with Crippen molar-refractivity contribution in [3.63, 3.8) is 0 Å². The Hall–Kier alpha value is -0.580. The van der Waals surface area contributed by atoms with Crippen LogP contribution >= 0.6 is 28.3 Å². The first-order valence-electron chi connectivity index (χ1n) is 5.67. The number of nitrogens with one attached hydrogen (secondary N) is 1. The second kappa shape index (κ2) is 7.12. The minimum atomic E-state index is -0.371.